The Morgan fingerprint density at radius 1 is 1.16 bits per heavy atom. The maximum atomic E-state index is 13.0. The SMILES string of the molecule is O=C(NCCc1cccc(Cl)c1)c1[nH]nc2c1CCN(C(=O)c1ccc3[nH]nnc3c1)C2. The lowest BCUT2D eigenvalue weighted by Gasteiger charge is -2.26. The van der Waals surface area contributed by atoms with Crippen molar-refractivity contribution in [2.24, 2.45) is 0 Å². The lowest BCUT2D eigenvalue weighted by Crippen LogP contribution is -2.36. The molecule has 0 unspecified atom stereocenters. The van der Waals surface area contributed by atoms with Crippen LogP contribution in [0.1, 0.15) is 37.7 Å². The Hall–Kier alpha value is -3.72. The molecule has 3 heterocycles. The Bertz CT molecular complexity index is 1310. The van der Waals surface area contributed by atoms with Crippen LogP contribution < -0.4 is 5.32 Å². The highest BCUT2D eigenvalue weighted by atomic mass is 35.5. The number of benzene rings is 2. The third kappa shape index (κ3) is 3.94. The van der Waals surface area contributed by atoms with E-state index in [2.05, 4.69) is 30.9 Å². The zero-order chi connectivity index (χ0) is 22.1. The van der Waals surface area contributed by atoms with Crippen LogP contribution in [0.15, 0.2) is 42.5 Å². The van der Waals surface area contributed by atoms with Crippen LogP contribution in [0.2, 0.25) is 5.02 Å². The molecule has 0 atom stereocenters. The number of hydrogen-bond donors (Lipinski definition) is 3. The van der Waals surface area contributed by atoms with Crippen LogP contribution >= 0.6 is 11.6 Å². The molecule has 2 amide bonds. The van der Waals surface area contributed by atoms with Crippen molar-refractivity contribution in [2.45, 2.75) is 19.4 Å². The van der Waals surface area contributed by atoms with E-state index >= 15 is 0 Å². The second kappa shape index (κ2) is 8.43. The molecule has 162 valence electrons. The predicted octanol–water partition coefficient (Wildman–Crippen LogP) is 2.51. The normalized spacial score (nSPS) is 13.2. The molecule has 0 fully saturated rings. The molecule has 2 aromatic carbocycles. The van der Waals surface area contributed by atoms with E-state index in [1.165, 1.54) is 0 Å². The molecule has 0 saturated heterocycles. The molecule has 1 aliphatic heterocycles. The number of carbonyl (C=O) groups is 2. The number of nitrogens with zero attached hydrogens (tertiary/aromatic N) is 4. The van der Waals surface area contributed by atoms with Gasteiger partial charge in [0.25, 0.3) is 11.8 Å². The maximum Gasteiger partial charge on any atom is 0.269 e. The maximum absolute atomic E-state index is 13.0. The van der Waals surface area contributed by atoms with E-state index in [0.717, 1.165) is 16.6 Å². The van der Waals surface area contributed by atoms with Crippen molar-refractivity contribution in [3.63, 3.8) is 0 Å². The number of rotatable bonds is 5. The number of H-pyrrole nitrogens is 2. The molecule has 10 heteroatoms. The first kappa shape index (κ1) is 20.2. The van der Waals surface area contributed by atoms with Gasteiger partial charge in [0.05, 0.1) is 17.8 Å². The second-order valence-electron chi connectivity index (χ2n) is 7.68. The fourth-order valence-electron chi connectivity index (χ4n) is 3.93. The number of fused-ring (bicyclic) bond motifs is 2. The van der Waals surface area contributed by atoms with Gasteiger partial charge < -0.3 is 10.2 Å². The van der Waals surface area contributed by atoms with Gasteiger partial charge in [-0.15, -0.1) is 5.10 Å². The van der Waals surface area contributed by atoms with Crippen LogP contribution in [-0.2, 0) is 19.4 Å². The van der Waals surface area contributed by atoms with Crippen LogP contribution in [-0.4, -0.2) is 55.4 Å². The molecule has 5 rings (SSSR count). The summed E-state index contributed by atoms with van der Waals surface area (Å²) >= 11 is 6.00. The molecule has 0 radical (unpaired) electrons. The number of aromatic amines is 2. The van der Waals surface area contributed by atoms with E-state index in [1.54, 1.807) is 23.1 Å². The highest BCUT2D eigenvalue weighted by molar-refractivity contribution is 6.30. The number of carbonyl (C=O) groups excluding carboxylic acids is 2. The summed E-state index contributed by atoms with van der Waals surface area (Å²) in [5.74, 6) is -0.298. The van der Waals surface area contributed by atoms with Gasteiger partial charge in [-0.25, -0.2) is 0 Å². The van der Waals surface area contributed by atoms with Gasteiger partial charge in [-0.1, -0.05) is 28.9 Å². The molecule has 32 heavy (non-hydrogen) atoms. The fourth-order valence-corrected chi connectivity index (χ4v) is 4.14. The van der Waals surface area contributed by atoms with Gasteiger partial charge in [0.15, 0.2) is 0 Å². The number of halogens is 1. The Kier molecular flexibility index (Phi) is 5.32. The van der Waals surface area contributed by atoms with Gasteiger partial charge in [0.1, 0.15) is 11.2 Å². The Balaban J connectivity index is 1.23. The quantitative estimate of drug-likeness (QED) is 0.432. The van der Waals surface area contributed by atoms with E-state index < -0.39 is 0 Å². The number of aromatic nitrogens is 5. The summed E-state index contributed by atoms with van der Waals surface area (Å²) in [5.41, 5.74) is 5.06. The molecule has 1 aliphatic rings. The Morgan fingerprint density at radius 2 is 2.06 bits per heavy atom. The summed E-state index contributed by atoms with van der Waals surface area (Å²) in [5, 5.41) is 21.2. The summed E-state index contributed by atoms with van der Waals surface area (Å²) in [6, 6.07) is 12.8. The number of hydrogen-bond acceptors (Lipinski definition) is 5. The van der Waals surface area contributed by atoms with Crippen LogP contribution in [0.3, 0.4) is 0 Å². The first-order valence-corrected chi connectivity index (χ1v) is 10.6. The number of amides is 2. The summed E-state index contributed by atoms with van der Waals surface area (Å²) < 4.78 is 0. The zero-order valence-corrected chi connectivity index (χ0v) is 17.8. The van der Waals surface area contributed by atoms with Gasteiger partial charge in [-0.2, -0.15) is 5.10 Å². The molecule has 0 bridgehead atoms. The molecule has 0 aliphatic carbocycles. The minimum Gasteiger partial charge on any atom is -0.350 e. The van der Waals surface area contributed by atoms with Crippen molar-refractivity contribution in [3.8, 4) is 0 Å². The molecule has 2 aromatic heterocycles. The average Bonchev–Trinajstić information content (AvgIpc) is 3.44. The second-order valence-corrected chi connectivity index (χ2v) is 8.12. The summed E-state index contributed by atoms with van der Waals surface area (Å²) in [7, 11) is 0. The van der Waals surface area contributed by atoms with Crippen molar-refractivity contribution in [2.75, 3.05) is 13.1 Å². The van der Waals surface area contributed by atoms with Crippen molar-refractivity contribution in [1.29, 1.82) is 0 Å². The third-order valence-corrected chi connectivity index (χ3v) is 5.84. The molecule has 0 spiro atoms. The molecular formula is C22H20ClN7O2. The van der Waals surface area contributed by atoms with Crippen molar-refractivity contribution < 1.29 is 9.59 Å². The van der Waals surface area contributed by atoms with Gasteiger partial charge in [0.2, 0.25) is 0 Å². The molecular weight excluding hydrogens is 430 g/mol. The third-order valence-electron chi connectivity index (χ3n) is 5.60. The monoisotopic (exact) mass is 449 g/mol. The van der Waals surface area contributed by atoms with Crippen molar-refractivity contribution in [3.05, 3.63) is 75.6 Å². The standard InChI is InChI=1S/C22H20ClN7O2/c23-15-3-1-2-13(10-15)6-8-24-21(31)20-16-7-9-30(12-19(16)25-28-20)22(32)14-4-5-17-18(11-14)27-29-26-17/h1-5,10-11H,6-9,12H2,(H,24,31)(H,25,28)(H,26,27,29). The summed E-state index contributed by atoms with van der Waals surface area (Å²) in [4.78, 5) is 27.4. The van der Waals surface area contributed by atoms with Crippen molar-refractivity contribution in [1.82, 2.24) is 35.8 Å². The van der Waals surface area contributed by atoms with Crippen molar-refractivity contribution >= 4 is 34.4 Å². The van der Waals surface area contributed by atoms with E-state index in [-0.39, 0.29) is 11.8 Å². The minimum atomic E-state index is -0.197. The molecule has 9 nitrogen and oxygen atoms in total. The smallest absolute Gasteiger partial charge is 0.269 e. The Labute approximate surface area is 188 Å². The first-order valence-electron chi connectivity index (χ1n) is 10.3. The lowest BCUT2D eigenvalue weighted by atomic mass is 10.0. The van der Waals surface area contributed by atoms with Crippen LogP contribution in [0, 0.1) is 0 Å². The van der Waals surface area contributed by atoms with E-state index in [1.807, 2.05) is 24.3 Å². The fraction of sp³-hybridized carbons (Fsp3) is 0.227. The van der Waals surface area contributed by atoms with Gasteiger partial charge in [0, 0.05) is 29.2 Å². The molecule has 4 aromatic rings. The molecule has 3 N–H and O–H groups in total. The average molecular weight is 450 g/mol. The summed E-state index contributed by atoms with van der Waals surface area (Å²) in [6.45, 7) is 1.34. The van der Waals surface area contributed by atoms with E-state index in [0.29, 0.717) is 60.0 Å². The van der Waals surface area contributed by atoms with E-state index in [4.69, 9.17) is 11.6 Å². The summed E-state index contributed by atoms with van der Waals surface area (Å²) in [6.07, 6.45) is 1.24. The highest BCUT2D eigenvalue weighted by Gasteiger charge is 2.28. The number of nitrogens with one attached hydrogen (secondary N) is 3. The topological polar surface area (TPSA) is 120 Å². The lowest BCUT2D eigenvalue weighted by molar-refractivity contribution is 0.0732. The van der Waals surface area contributed by atoms with Gasteiger partial charge >= 0.3 is 0 Å². The zero-order valence-electron chi connectivity index (χ0n) is 17.1. The predicted molar refractivity (Wildman–Crippen MR) is 118 cm³/mol. The largest absolute Gasteiger partial charge is 0.350 e. The molecule has 0 saturated carbocycles. The van der Waals surface area contributed by atoms with Crippen LogP contribution in [0.4, 0.5) is 0 Å². The van der Waals surface area contributed by atoms with E-state index in [9.17, 15) is 9.59 Å². The minimum absolute atomic E-state index is 0.101. The first-order chi connectivity index (χ1) is 15.6. The van der Waals surface area contributed by atoms with Crippen LogP contribution in [0.25, 0.3) is 11.0 Å². The van der Waals surface area contributed by atoms with Gasteiger partial charge in [-0.3, -0.25) is 19.8 Å². The van der Waals surface area contributed by atoms with Gasteiger partial charge in [-0.05, 0) is 48.7 Å². The highest BCUT2D eigenvalue weighted by Crippen LogP contribution is 2.22. The van der Waals surface area contributed by atoms with Crippen LogP contribution in [0.5, 0.6) is 0 Å². The Morgan fingerprint density at radius 3 is 2.94 bits per heavy atom.